The Labute approximate surface area is 182 Å². The Hall–Kier alpha value is -3.04. The number of carboxylic acid groups (broad SMARTS) is 1. The van der Waals surface area contributed by atoms with Crippen molar-refractivity contribution in [1.29, 1.82) is 0 Å². The molecule has 1 aliphatic heterocycles. The van der Waals surface area contributed by atoms with E-state index in [1.54, 1.807) is 4.90 Å². The molecule has 3 aromatic rings. The van der Waals surface area contributed by atoms with Crippen LogP contribution in [0.1, 0.15) is 0 Å². The monoisotopic (exact) mass is 489 g/mol. The molecule has 0 unspecified atom stereocenters. The molecule has 170 valence electrons. The van der Waals surface area contributed by atoms with Crippen LogP contribution in [0, 0.1) is 0 Å². The number of halogens is 3. The van der Waals surface area contributed by atoms with E-state index in [9.17, 15) is 31.5 Å². The second kappa shape index (κ2) is 8.14. The van der Waals surface area contributed by atoms with Gasteiger partial charge in [-0.2, -0.15) is 9.29 Å². The summed E-state index contributed by atoms with van der Waals surface area (Å²) in [6, 6.07) is 2.15. The van der Waals surface area contributed by atoms with Crippen molar-refractivity contribution in [2.45, 2.75) is 17.3 Å². The number of nitrogens with zero attached hydrogens (tertiary/aromatic N) is 5. The van der Waals surface area contributed by atoms with Gasteiger partial charge in [0.15, 0.2) is 15.6 Å². The molecule has 2 aromatic heterocycles. The largest absolute Gasteiger partial charge is 0.573 e. The fourth-order valence-corrected chi connectivity index (χ4v) is 5.65. The van der Waals surface area contributed by atoms with Crippen LogP contribution in [0.3, 0.4) is 0 Å². The number of aromatic nitrogens is 3. The molecule has 1 fully saturated rings. The van der Waals surface area contributed by atoms with Gasteiger partial charge in [0, 0.05) is 32.0 Å². The summed E-state index contributed by atoms with van der Waals surface area (Å²) in [5.74, 6) is -1.96. The van der Waals surface area contributed by atoms with Crippen molar-refractivity contribution in [2.24, 2.45) is 0 Å². The highest BCUT2D eigenvalue weighted by atomic mass is 32.2. The summed E-state index contributed by atoms with van der Waals surface area (Å²) in [6.45, 7) is -0.196. The number of hydrogen-bond acceptors (Lipinski definition) is 9. The number of rotatable bonds is 5. The van der Waals surface area contributed by atoms with Gasteiger partial charge in [0.25, 0.3) is 0 Å². The predicted molar refractivity (Wildman–Crippen MR) is 106 cm³/mol. The van der Waals surface area contributed by atoms with E-state index in [0.29, 0.717) is 15.6 Å². The van der Waals surface area contributed by atoms with Crippen LogP contribution in [0.5, 0.6) is 5.75 Å². The fourth-order valence-electron chi connectivity index (χ4n) is 3.18. The van der Waals surface area contributed by atoms with Gasteiger partial charge in [-0.25, -0.2) is 18.4 Å². The molecule has 10 nitrogen and oxygen atoms in total. The van der Waals surface area contributed by atoms with Gasteiger partial charge >= 0.3 is 12.3 Å². The van der Waals surface area contributed by atoms with Crippen LogP contribution >= 0.6 is 11.3 Å². The van der Waals surface area contributed by atoms with E-state index >= 15 is 0 Å². The number of sulfonamides is 1. The number of alkyl halides is 3. The molecule has 1 aliphatic rings. The number of aliphatic carboxylic acids is 1. The molecule has 0 saturated carbocycles. The standard InChI is InChI=1S/C17H14F3N5O5S2/c18-17(19,20)30-10-1-3-11(4-2-10)32(28,29)25-8-7-24(9-12(25)15(26)27)16-23-13-14(31-16)22-6-5-21-13/h1-6,12H,7-9H2,(H,26,27)/t12-/m1/s1. The molecular weight excluding hydrogens is 475 g/mol. The first-order valence-corrected chi connectivity index (χ1v) is 11.2. The average molecular weight is 489 g/mol. The molecule has 1 saturated heterocycles. The molecule has 0 bridgehead atoms. The Bertz CT molecular complexity index is 1220. The summed E-state index contributed by atoms with van der Waals surface area (Å²) in [7, 11) is -4.30. The number of benzene rings is 1. The highest BCUT2D eigenvalue weighted by Gasteiger charge is 2.41. The summed E-state index contributed by atoms with van der Waals surface area (Å²) in [6.07, 6.45) is -1.95. The highest BCUT2D eigenvalue weighted by molar-refractivity contribution is 7.89. The maximum absolute atomic E-state index is 13.0. The lowest BCUT2D eigenvalue weighted by Crippen LogP contribution is -2.58. The van der Waals surface area contributed by atoms with E-state index in [1.165, 1.54) is 23.7 Å². The maximum atomic E-state index is 13.0. The predicted octanol–water partition coefficient (Wildman–Crippen LogP) is 1.95. The molecule has 0 radical (unpaired) electrons. The van der Waals surface area contributed by atoms with Crippen molar-refractivity contribution in [2.75, 3.05) is 24.5 Å². The van der Waals surface area contributed by atoms with Crippen LogP contribution in [0.15, 0.2) is 41.6 Å². The molecule has 0 aliphatic carbocycles. The minimum absolute atomic E-state index is 0.151. The zero-order chi connectivity index (χ0) is 23.1. The number of fused-ring (bicyclic) bond motifs is 1. The first-order valence-electron chi connectivity index (χ1n) is 8.97. The van der Waals surface area contributed by atoms with Crippen molar-refractivity contribution in [1.82, 2.24) is 19.3 Å². The zero-order valence-electron chi connectivity index (χ0n) is 15.9. The smallest absolute Gasteiger partial charge is 0.480 e. The summed E-state index contributed by atoms with van der Waals surface area (Å²) in [5.41, 5.74) is 0.399. The van der Waals surface area contributed by atoms with Crippen molar-refractivity contribution in [3.8, 4) is 5.75 Å². The Balaban J connectivity index is 1.57. The van der Waals surface area contributed by atoms with E-state index in [4.69, 9.17) is 0 Å². The lowest BCUT2D eigenvalue weighted by molar-refractivity contribution is -0.274. The average Bonchev–Trinajstić information content (AvgIpc) is 3.17. The fraction of sp³-hybridized carbons (Fsp3) is 0.294. The number of hydrogen-bond donors (Lipinski definition) is 1. The van der Waals surface area contributed by atoms with E-state index in [1.807, 2.05) is 0 Å². The number of piperazine rings is 1. The van der Waals surface area contributed by atoms with Crippen LogP contribution in [-0.4, -0.2) is 70.8 Å². The van der Waals surface area contributed by atoms with E-state index in [0.717, 1.165) is 28.6 Å². The number of thiazole rings is 1. The summed E-state index contributed by atoms with van der Waals surface area (Å²) >= 11 is 1.20. The normalized spacial score (nSPS) is 18.1. The minimum Gasteiger partial charge on any atom is -0.480 e. The van der Waals surface area contributed by atoms with Gasteiger partial charge < -0.3 is 14.7 Å². The van der Waals surface area contributed by atoms with Crippen molar-refractivity contribution in [3.05, 3.63) is 36.7 Å². The third-order valence-corrected chi connectivity index (χ3v) is 7.52. The minimum atomic E-state index is -4.92. The molecule has 15 heteroatoms. The van der Waals surface area contributed by atoms with Crippen LogP contribution < -0.4 is 9.64 Å². The first kappa shape index (κ1) is 22.2. The number of ether oxygens (including phenoxy) is 1. The molecule has 0 spiro atoms. The molecule has 1 atom stereocenters. The van der Waals surface area contributed by atoms with Crippen LogP contribution in [0.25, 0.3) is 10.5 Å². The van der Waals surface area contributed by atoms with Gasteiger partial charge in [-0.1, -0.05) is 11.3 Å². The highest BCUT2D eigenvalue weighted by Crippen LogP contribution is 2.30. The number of anilines is 1. The van der Waals surface area contributed by atoms with Gasteiger partial charge in [-0.15, -0.1) is 13.2 Å². The zero-order valence-corrected chi connectivity index (χ0v) is 17.6. The quantitative estimate of drug-likeness (QED) is 0.572. The molecule has 0 amide bonds. The molecule has 32 heavy (non-hydrogen) atoms. The van der Waals surface area contributed by atoms with Crippen LogP contribution in [-0.2, 0) is 14.8 Å². The van der Waals surface area contributed by atoms with E-state index < -0.39 is 34.1 Å². The number of carboxylic acids is 1. The van der Waals surface area contributed by atoms with Crippen LogP contribution in [0.4, 0.5) is 18.3 Å². The summed E-state index contributed by atoms with van der Waals surface area (Å²) in [5, 5.41) is 10.1. The van der Waals surface area contributed by atoms with Gasteiger partial charge in [0.1, 0.15) is 11.8 Å². The summed E-state index contributed by atoms with van der Waals surface area (Å²) in [4.78, 5) is 26.3. The molecular formula is C17H14F3N5O5S2. The summed E-state index contributed by atoms with van der Waals surface area (Å²) < 4.78 is 67.6. The van der Waals surface area contributed by atoms with E-state index in [2.05, 4.69) is 19.7 Å². The van der Waals surface area contributed by atoms with Crippen molar-refractivity contribution in [3.63, 3.8) is 0 Å². The van der Waals surface area contributed by atoms with Crippen molar-refractivity contribution < 1.29 is 36.2 Å². The third kappa shape index (κ3) is 4.44. The third-order valence-electron chi connectivity index (χ3n) is 4.59. The molecule has 1 aromatic carbocycles. The van der Waals surface area contributed by atoms with E-state index in [-0.39, 0.29) is 24.5 Å². The molecule has 4 rings (SSSR count). The van der Waals surface area contributed by atoms with Gasteiger partial charge in [-0.05, 0) is 24.3 Å². The van der Waals surface area contributed by atoms with Gasteiger partial charge in [-0.3, -0.25) is 4.79 Å². The van der Waals surface area contributed by atoms with Gasteiger partial charge in [0.05, 0.1) is 4.90 Å². The van der Waals surface area contributed by atoms with Gasteiger partial charge in [0.2, 0.25) is 10.0 Å². The Kier molecular flexibility index (Phi) is 5.64. The topological polar surface area (TPSA) is 126 Å². The Morgan fingerprint density at radius 1 is 1.16 bits per heavy atom. The molecule has 1 N–H and O–H groups in total. The number of carbonyl (C=O) groups is 1. The lowest BCUT2D eigenvalue weighted by Gasteiger charge is -2.38. The second-order valence-corrected chi connectivity index (χ2v) is 9.46. The maximum Gasteiger partial charge on any atom is 0.573 e. The lowest BCUT2D eigenvalue weighted by atomic mass is 10.2. The SMILES string of the molecule is O=C(O)[C@H]1CN(c2nc3nccnc3s2)CCN1S(=O)(=O)c1ccc(OC(F)(F)F)cc1. The Morgan fingerprint density at radius 3 is 2.47 bits per heavy atom. The Morgan fingerprint density at radius 2 is 1.84 bits per heavy atom. The second-order valence-electron chi connectivity index (χ2n) is 6.62. The van der Waals surface area contributed by atoms with Crippen molar-refractivity contribution >= 4 is 42.9 Å². The molecule has 3 heterocycles. The van der Waals surface area contributed by atoms with Crippen LogP contribution in [0.2, 0.25) is 0 Å². The first-order chi connectivity index (χ1) is 15.0.